The highest BCUT2D eigenvalue weighted by Gasteiger charge is 2.19. The van der Waals surface area contributed by atoms with E-state index in [0.29, 0.717) is 24.0 Å². The van der Waals surface area contributed by atoms with Gasteiger partial charge in [-0.2, -0.15) is 0 Å². The molecule has 9 heteroatoms. The van der Waals surface area contributed by atoms with Gasteiger partial charge in [-0.25, -0.2) is 8.42 Å². The summed E-state index contributed by atoms with van der Waals surface area (Å²) in [6.07, 6.45) is -1.00. The quantitative estimate of drug-likeness (QED) is 0.542. The molecule has 0 saturated carbocycles. The van der Waals surface area contributed by atoms with Crippen molar-refractivity contribution in [3.8, 4) is 11.5 Å². The number of hydrogen-bond acceptors (Lipinski definition) is 6. The Bertz CT molecular complexity index is 870. The molecule has 6 nitrogen and oxygen atoms in total. The minimum atomic E-state index is -3.77. The van der Waals surface area contributed by atoms with Gasteiger partial charge in [0.25, 0.3) is 0 Å². The maximum Gasteiger partial charge on any atom is 0.206 e. The Morgan fingerprint density at radius 3 is 2.25 bits per heavy atom. The van der Waals surface area contributed by atoms with E-state index >= 15 is 0 Å². The van der Waals surface area contributed by atoms with Gasteiger partial charge in [0.1, 0.15) is 24.2 Å². The number of alkyl halides is 1. The smallest absolute Gasteiger partial charge is 0.206 e. The van der Waals surface area contributed by atoms with Crippen LogP contribution in [0.5, 0.6) is 11.5 Å². The molecule has 2 N–H and O–H groups in total. The molecule has 2 rings (SSSR count). The topological polar surface area (TPSA) is 93.1 Å². The largest absolute Gasteiger partial charge is 0.492 e. The number of rotatable bonds is 10. The molecular formula is C19H22Cl2O6S. The zero-order chi connectivity index (χ0) is 20.7. The van der Waals surface area contributed by atoms with Crippen molar-refractivity contribution < 1.29 is 28.1 Å². The molecule has 2 aromatic carbocycles. The molecule has 28 heavy (non-hydrogen) atoms. The molecule has 2 atom stereocenters. The average Bonchev–Trinajstić information content (AvgIpc) is 2.70. The summed E-state index contributed by atoms with van der Waals surface area (Å²) in [7, 11) is -3.77. The molecule has 0 bridgehead atoms. The highest BCUT2D eigenvalue weighted by atomic mass is 35.5. The molecule has 0 heterocycles. The molecule has 0 spiro atoms. The van der Waals surface area contributed by atoms with E-state index in [4.69, 9.17) is 37.8 Å². The SMILES string of the molecule is C[C@H](CCl)COc1ccc(S(=O)(=O)c2ccc(OC[C@H](O)CO)cc2)cc1Cl. The summed E-state index contributed by atoms with van der Waals surface area (Å²) >= 11 is 11.9. The fourth-order valence-electron chi connectivity index (χ4n) is 2.14. The van der Waals surface area contributed by atoms with Crippen LogP contribution in [0, 0.1) is 5.92 Å². The van der Waals surface area contributed by atoms with Crippen molar-refractivity contribution in [3.63, 3.8) is 0 Å². The predicted molar refractivity (Wildman–Crippen MR) is 107 cm³/mol. The molecule has 0 aliphatic rings. The third kappa shape index (κ3) is 5.99. The fourth-order valence-corrected chi connectivity index (χ4v) is 3.81. The first-order chi connectivity index (χ1) is 13.3. The van der Waals surface area contributed by atoms with Crippen LogP contribution < -0.4 is 9.47 Å². The second-order valence-electron chi connectivity index (χ2n) is 6.28. The Labute approximate surface area is 174 Å². The molecule has 154 valence electrons. The van der Waals surface area contributed by atoms with Gasteiger partial charge in [0, 0.05) is 11.8 Å². The summed E-state index contributed by atoms with van der Waals surface area (Å²) in [6.45, 7) is 1.79. The molecule has 0 fully saturated rings. The third-order valence-electron chi connectivity index (χ3n) is 3.79. The molecular weight excluding hydrogens is 427 g/mol. The van der Waals surface area contributed by atoms with Crippen LogP contribution in [0.15, 0.2) is 52.3 Å². The lowest BCUT2D eigenvalue weighted by Crippen LogP contribution is -2.21. The maximum absolute atomic E-state index is 12.8. The third-order valence-corrected chi connectivity index (χ3v) is 6.38. The average molecular weight is 449 g/mol. The van der Waals surface area contributed by atoms with Crippen molar-refractivity contribution in [2.24, 2.45) is 5.92 Å². The molecule has 0 unspecified atom stereocenters. The normalized spacial score (nSPS) is 13.8. The Morgan fingerprint density at radius 2 is 1.68 bits per heavy atom. The van der Waals surface area contributed by atoms with E-state index < -0.39 is 22.5 Å². The van der Waals surface area contributed by atoms with Crippen LogP contribution in [0.2, 0.25) is 5.02 Å². The minimum absolute atomic E-state index is 0.0413. The molecule has 2 aromatic rings. The summed E-state index contributed by atoms with van der Waals surface area (Å²) < 4.78 is 36.4. The predicted octanol–water partition coefficient (Wildman–Crippen LogP) is 3.16. The Kier molecular flexibility index (Phi) is 8.39. The highest BCUT2D eigenvalue weighted by Crippen LogP contribution is 2.31. The van der Waals surface area contributed by atoms with Crippen LogP contribution in [0.25, 0.3) is 0 Å². The Hall–Kier alpha value is -1.51. The van der Waals surface area contributed by atoms with Gasteiger partial charge in [0.2, 0.25) is 9.84 Å². The van der Waals surface area contributed by atoms with E-state index in [-0.39, 0.29) is 27.3 Å². The molecule has 0 radical (unpaired) electrons. The summed E-state index contributed by atoms with van der Waals surface area (Å²) in [5, 5.41) is 18.2. The number of benzene rings is 2. The Morgan fingerprint density at radius 1 is 1.04 bits per heavy atom. The first kappa shape index (κ1) is 22.8. The van der Waals surface area contributed by atoms with Gasteiger partial charge < -0.3 is 19.7 Å². The van der Waals surface area contributed by atoms with E-state index in [1.54, 1.807) is 0 Å². The molecule has 0 aliphatic carbocycles. The van der Waals surface area contributed by atoms with Crippen molar-refractivity contribution in [2.75, 3.05) is 25.7 Å². The van der Waals surface area contributed by atoms with Crippen LogP contribution in [-0.4, -0.2) is 50.4 Å². The lowest BCUT2D eigenvalue weighted by molar-refractivity contribution is 0.0536. The second kappa shape index (κ2) is 10.3. The van der Waals surface area contributed by atoms with Crippen molar-refractivity contribution in [1.29, 1.82) is 0 Å². The lowest BCUT2D eigenvalue weighted by Gasteiger charge is -2.13. The van der Waals surface area contributed by atoms with Crippen LogP contribution in [0.1, 0.15) is 6.92 Å². The van der Waals surface area contributed by atoms with Gasteiger partial charge in [-0.15, -0.1) is 11.6 Å². The number of aliphatic hydroxyl groups excluding tert-OH is 2. The number of hydrogen-bond donors (Lipinski definition) is 2. The minimum Gasteiger partial charge on any atom is -0.492 e. The van der Waals surface area contributed by atoms with Crippen molar-refractivity contribution in [3.05, 3.63) is 47.5 Å². The number of sulfone groups is 1. The van der Waals surface area contributed by atoms with E-state index in [9.17, 15) is 13.5 Å². The molecule has 0 amide bonds. The van der Waals surface area contributed by atoms with E-state index in [1.165, 1.54) is 42.5 Å². The Balaban J connectivity index is 2.14. The van der Waals surface area contributed by atoms with Gasteiger partial charge in [-0.1, -0.05) is 18.5 Å². The lowest BCUT2D eigenvalue weighted by atomic mass is 10.2. The zero-order valence-corrected chi connectivity index (χ0v) is 17.5. The molecule has 0 saturated heterocycles. The number of ether oxygens (including phenoxy) is 2. The first-order valence-electron chi connectivity index (χ1n) is 8.53. The highest BCUT2D eigenvalue weighted by molar-refractivity contribution is 7.91. The summed E-state index contributed by atoms with van der Waals surface area (Å²) in [6, 6.07) is 10.0. The van der Waals surface area contributed by atoms with E-state index in [2.05, 4.69) is 0 Å². The van der Waals surface area contributed by atoms with Crippen LogP contribution in [0.4, 0.5) is 0 Å². The molecule has 0 aromatic heterocycles. The summed E-state index contributed by atoms with van der Waals surface area (Å²) in [5.74, 6) is 1.36. The monoisotopic (exact) mass is 448 g/mol. The zero-order valence-electron chi connectivity index (χ0n) is 15.2. The summed E-state index contributed by atoms with van der Waals surface area (Å²) in [4.78, 5) is 0.114. The van der Waals surface area contributed by atoms with Crippen molar-refractivity contribution in [2.45, 2.75) is 22.8 Å². The molecule has 0 aliphatic heterocycles. The van der Waals surface area contributed by atoms with Crippen molar-refractivity contribution >= 4 is 33.0 Å². The van der Waals surface area contributed by atoms with Gasteiger partial charge in [0.15, 0.2) is 0 Å². The van der Waals surface area contributed by atoms with E-state index in [1.807, 2.05) is 6.92 Å². The fraction of sp³-hybridized carbons (Fsp3) is 0.368. The summed E-state index contributed by atoms with van der Waals surface area (Å²) in [5.41, 5.74) is 0. The number of aliphatic hydroxyl groups is 2. The maximum atomic E-state index is 12.8. The standard InChI is InChI=1S/C19H22Cl2O6S/c1-13(9-20)11-27-19-7-6-17(8-18(19)21)28(24,25)16-4-2-15(3-5-16)26-12-14(23)10-22/h2-8,13-14,22-23H,9-12H2,1H3/t13-,14-/m1/s1. The van der Waals surface area contributed by atoms with Gasteiger partial charge in [-0.05, 0) is 42.5 Å². The van der Waals surface area contributed by atoms with Crippen LogP contribution >= 0.6 is 23.2 Å². The van der Waals surface area contributed by atoms with Crippen LogP contribution in [0.3, 0.4) is 0 Å². The van der Waals surface area contributed by atoms with E-state index in [0.717, 1.165) is 0 Å². The van der Waals surface area contributed by atoms with Gasteiger partial charge in [-0.3, -0.25) is 0 Å². The first-order valence-corrected chi connectivity index (χ1v) is 10.9. The van der Waals surface area contributed by atoms with Gasteiger partial charge >= 0.3 is 0 Å². The van der Waals surface area contributed by atoms with Gasteiger partial charge in [0.05, 0.1) is 28.0 Å². The number of halogens is 2. The van der Waals surface area contributed by atoms with Crippen LogP contribution in [-0.2, 0) is 9.84 Å². The van der Waals surface area contributed by atoms with Crippen molar-refractivity contribution in [1.82, 2.24) is 0 Å². The second-order valence-corrected chi connectivity index (χ2v) is 8.95.